The number of carbonyl (C=O) groups excluding carboxylic acids is 3. The molecule has 1 aromatic rings. The Morgan fingerprint density at radius 1 is 1.36 bits per heavy atom. The van der Waals surface area contributed by atoms with Gasteiger partial charge in [-0.2, -0.15) is 0 Å². The van der Waals surface area contributed by atoms with E-state index in [1.807, 2.05) is 10.9 Å². The normalized spacial score (nSPS) is 13.0. The van der Waals surface area contributed by atoms with Crippen LogP contribution in [0.3, 0.4) is 0 Å². The maximum absolute atomic E-state index is 11.6. The third-order valence-electron chi connectivity index (χ3n) is 2.06. The van der Waals surface area contributed by atoms with Gasteiger partial charge in [0.1, 0.15) is 17.3 Å². The average molecular weight is 331 g/mol. The van der Waals surface area contributed by atoms with Crippen molar-refractivity contribution in [1.29, 1.82) is 0 Å². The van der Waals surface area contributed by atoms with Crippen molar-refractivity contribution in [2.24, 2.45) is 0 Å². The van der Waals surface area contributed by atoms with Gasteiger partial charge in [-0.25, -0.2) is 25.4 Å². The molecule has 5 N–H and O–H groups in total. The number of thiazole rings is 1. The molecule has 0 fully saturated rings. The van der Waals surface area contributed by atoms with Gasteiger partial charge in [-0.1, -0.05) is 0 Å². The van der Waals surface area contributed by atoms with Gasteiger partial charge in [-0.05, 0) is 20.8 Å². The number of aromatic nitrogens is 1. The summed E-state index contributed by atoms with van der Waals surface area (Å²) in [7, 11) is -0.784. The van der Waals surface area contributed by atoms with Crippen molar-refractivity contribution in [1.82, 2.24) is 21.2 Å². The third-order valence-corrected chi connectivity index (χ3v) is 2.93. The number of aliphatic carboxylic acids is 1. The number of nitrogens with one attached hydrogen (secondary N) is 3. The summed E-state index contributed by atoms with van der Waals surface area (Å²) in [5.74, 6) is -1.56. The predicted octanol–water partition coefficient (Wildman–Crippen LogP) is -0.926. The molecule has 0 spiro atoms. The molecule has 2 unspecified atom stereocenters. The number of hydrazine groups is 1. The standard InChI is InChI=1S/C11H17N5O5S/c1-11(2,3)21-10(20)16-15-9(19)14-7(8(17)18)6-4-22(12)5-13-6/h4-5,7H,12H2,1-3H3,(H3-,14,15,16,17,18,19,20). The first kappa shape index (κ1) is 17.7. The molecule has 1 heterocycles. The second-order valence-electron chi connectivity index (χ2n) is 5.16. The molecule has 0 aliphatic carbocycles. The third kappa shape index (κ3) is 5.93. The number of ether oxygens (including phenoxy) is 1. The molecule has 11 heteroatoms. The molecule has 0 aliphatic rings. The minimum absolute atomic E-state index is 0.0539. The fourth-order valence-electron chi connectivity index (χ4n) is 1.30. The Bertz CT molecular complexity index is 567. The van der Waals surface area contributed by atoms with Crippen molar-refractivity contribution in [3.63, 3.8) is 0 Å². The molecule has 0 saturated carbocycles. The van der Waals surface area contributed by atoms with E-state index in [1.165, 1.54) is 10.9 Å². The van der Waals surface area contributed by atoms with Crippen molar-refractivity contribution in [3.8, 4) is 0 Å². The summed E-state index contributed by atoms with van der Waals surface area (Å²) in [5, 5.41) is 20.0. The molecule has 0 radical (unpaired) electrons. The number of rotatable bonds is 3. The lowest BCUT2D eigenvalue weighted by molar-refractivity contribution is -0.308. The zero-order chi connectivity index (χ0) is 16.9. The lowest BCUT2D eigenvalue weighted by atomic mass is 10.2. The molecule has 1 rings (SSSR count). The largest absolute Gasteiger partial charge is 0.547 e. The van der Waals surface area contributed by atoms with Crippen LogP contribution in [0.1, 0.15) is 32.5 Å². The maximum atomic E-state index is 11.6. The van der Waals surface area contributed by atoms with Crippen LogP contribution in [0.25, 0.3) is 0 Å². The fourth-order valence-corrected chi connectivity index (χ4v) is 2.08. The van der Waals surface area contributed by atoms with Gasteiger partial charge in [-0.15, -0.1) is 5.14 Å². The van der Waals surface area contributed by atoms with E-state index < -0.39 is 40.4 Å². The second-order valence-corrected chi connectivity index (χ2v) is 6.43. The van der Waals surface area contributed by atoms with Crippen molar-refractivity contribution in [2.75, 3.05) is 5.14 Å². The molecule has 0 saturated heterocycles. The number of urea groups is 1. The van der Waals surface area contributed by atoms with E-state index in [4.69, 9.17) is 9.88 Å². The van der Waals surface area contributed by atoms with Gasteiger partial charge < -0.3 is 20.0 Å². The van der Waals surface area contributed by atoms with Crippen LogP contribution in [0.5, 0.6) is 0 Å². The monoisotopic (exact) mass is 331 g/mol. The van der Waals surface area contributed by atoms with Gasteiger partial charge >= 0.3 is 12.1 Å². The van der Waals surface area contributed by atoms with Gasteiger partial charge in [0.05, 0.1) is 16.6 Å². The zero-order valence-corrected chi connectivity index (χ0v) is 13.0. The number of carbonyl (C=O) groups is 3. The molecular weight excluding hydrogens is 314 g/mol. The van der Waals surface area contributed by atoms with Gasteiger partial charge in [0.2, 0.25) is 0 Å². The summed E-state index contributed by atoms with van der Waals surface area (Å²) in [6.45, 7) is 4.94. The van der Waals surface area contributed by atoms with Crippen LogP contribution < -0.4 is 26.4 Å². The Morgan fingerprint density at radius 3 is 2.45 bits per heavy atom. The van der Waals surface area contributed by atoms with Gasteiger partial charge in [0.25, 0.3) is 5.51 Å². The number of amides is 3. The second kappa shape index (κ2) is 7.04. The van der Waals surface area contributed by atoms with Crippen LogP contribution in [0.4, 0.5) is 9.59 Å². The molecule has 0 bridgehead atoms. The predicted molar refractivity (Wildman–Crippen MR) is 75.7 cm³/mol. The van der Waals surface area contributed by atoms with Crippen molar-refractivity contribution < 1.29 is 24.2 Å². The van der Waals surface area contributed by atoms with Crippen LogP contribution in [0.15, 0.2) is 10.9 Å². The highest BCUT2D eigenvalue weighted by Gasteiger charge is 2.22. The SMILES string of the molecule is CC(C)(C)OC(=O)NNC(=O)NC(C(=O)[O-])c1c[s+](N)cn1. The highest BCUT2D eigenvalue weighted by molar-refractivity contribution is 7.27. The first-order valence-electron chi connectivity index (χ1n) is 6.07. The number of nitrogens with zero attached hydrogens (tertiary/aromatic N) is 1. The topological polar surface area (TPSA) is 158 Å². The lowest BCUT2D eigenvalue weighted by Gasteiger charge is -2.21. The van der Waals surface area contributed by atoms with Gasteiger partial charge in [0.15, 0.2) is 5.38 Å². The summed E-state index contributed by atoms with van der Waals surface area (Å²) in [5.41, 5.74) is 4.58. The first-order valence-corrected chi connectivity index (χ1v) is 7.48. The Hall–Kier alpha value is -2.40. The number of hydrogen-bond donors (Lipinski definition) is 4. The number of carboxylic acid groups (broad SMARTS) is 1. The molecule has 22 heavy (non-hydrogen) atoms. The number of nitrogens with two attached hydrogens (primary N) is 1. The first-order chi connectivity index (χ1) is 10.1. The molecular formula is C11H17N5O5S. The van der Waals surface area contributed by atoms with Crippen molar-refractivity contribution in [2.45, 2.75) is 32.4 Å². The molecule has 1 aromatic heterocycles. The molecule has 0 aliphatic heterocycles. The van der Waals surface area contributed by atoms with E-state index in [1.54, 1.807) is 20.8 Å². The summed E-state index contributed by atoms with van der Waals surface area (Å²) < 4.78 is 4.88. The maximum Gasteiger partial charge on any atom is 0.426 e. The van der Waals surface area contributed by atoms with E-state index in [2.05, 4.69) is 10.3 Å². The quantitative estimate of drug-likeness (QED) is 0.411. The van der Waals surface area contributed by atoms with E-state index in [0.29, 0.717) is 0 Å². The summed E-state index contributed by atoms with van der Waals surface area (Å²) in [6.07, 6.45) is -0.894. The van der Waals surface area contributed by atoms with E-state index in [9.17, 15) is 19.5 Å². The van der Waals surface area contributed by atoms with Crippen molar-refractivity contribution >= 4 is 28.7 Å². The highest BCUT2D eigenvalue weighted by Crippen LogP contribution is 2.16. The highest BCUT2D eigenvalue weighted by atomic mass is 32.2. The fraction of sp³-hybridized carbons (Fsp3) is 0.455. The van der Waals surface area contributed by atoms with Crippen LogP contribution in [0.2, 0.25) is 0 Å². The molecule has 122 valence electrons. The average Bonchev–Trinajstić information content (AvgIpc) is 2.77. The van der Waals surface area contributed by atoms with E-state index >= 15 is 0 Å². The van der Waals surface area contributed by atoms with Crippen LogP contribution in [0, 0.1) is 0 Å². The Morgan fingerprint density at radius 2 is 2.00 bits per heavy atom. The van der Waals surface area contributed by atoms with Crippen LogP contribution in [-0.2, 0) is 9.53 Å². The molecule has 2 atom stereocenters. The molecule has 3 amide bonds. The zero-order valence-electron chi connectivity index (χ0n) is 12.2. The Balaban J connectivity index is 2.55. The van der Waals surface area contributed by atoms with E-state index in [-0.39, 0.29) is 5.69 Å². The number of carboxylic acids is 1. The number of nitrogen functional groups attached to an aromatic ring is 1. The summed E-state index contributed by atoms with van der Waals surface area (Å²) >= 11 is 0. The summed E-state index contributed by atoms with van der Waals surface area (Å²) in [4.78, 5) is 37.7. The Kier molecular flexibility index (Phi) is 5.65. The van der Waals surface area contributed by atoms with E-state index in [0.717, 1.165) is 0 Å². The molecule has 10 nitrogen and oxygen atoms in total. The summed E-state index contributed by atoms with van der Waals surface area (Å²) in [6, 6.07) is -2.46. The molecule has 0 aromatic carbocycles. The lowest BCUT2D eigenvalue weighted by Crippen LogP contribution is -2.51. The Labute approximate surface area is 129 Å². The minimum Gasteiger partial charge on any atom is -0.547 e. The van der Waals surface area contributed by atoms with Gasteiger partial charge in [-0.3, -0.25) is 0 Å². The van der Waals surface area contributed by atoms with Gasteiger partial charge in [0, 0.05) is 0 Å². The number of hydrogen-bond acceptors (Lipinski definition) is 7. The smallest absolute Gasteiger partial charge is 0.426 e. The van der Waals surface area contributed by atoms with Crippen LogP contribution in [-0.4, -0.2) is 28.7 Å². The van der Waals surface area contributed by atoms with Crippen LogP contribution >= 0.6 is 10.7 Å². The van der Waals surface area contributed by atoms with Crippen molar-refractivity contribution in [3.05, 3.63) is 16.6 Å². The minimum atomic E-state index is -1.56.